The summed E-state index contributed by atoms with van der Waals surface area (Å²) in [5.74, 6) is -0.773. The summed E-state index contributed by atoms with van der Waals surface area (Å²) in [5, 5.41) is 2.72. The number of nitrogens with zero attached hydrogens (tertiary/aromatic N) is 1. The molecule has 1 aliphatic rings. The molecule has 0 aliphatic carbocycles. The maximum Gasteiger partial charge on any atom is 0.391 e. The molecule has 0 saturated carbocycles. The second-order valence-corrected chi connectivity index (χ2v) is 5.58. The van der Waals surface area contributed by atoms with Crippen LogP contribution in [-0.4, -0.2) is 40.5 Å². The lowest BCUT2D eigenvalue weighted by atomic mass is 9.85. The highest BCUT2D eigenvalue weighted by atomic mass is 19.4. The number of alkyl halides is 3. The van der Waals surface area contributed by atoms with Gasteiger partial charge < -0.3 is 10.2 Å². The third kappa shape index (κ3) is 3.49. The molecule has 1 saturated heterocycles. The minimum atomic E-state index is -4.37. The van der Waals surface area contributed by atoms with Crippen LogP contribution in [0.2, 0.25) is 0 Å². The lowest BCUT2D eigenvalue weighted by molar-refractivity contribution is -0.170. The minimum Gasteiger partial charge on any atom is -0.340 e. The number of carbonyl (C=O) groups is 2. The largest absolute Gasteiger partial charge is 0.391 e. The van der Waals surface area contributed by atoms with Crippen molar-refractivity contribution < 1.29 is 22.8 Å². The van der Waals surface area contributed by atoms with Crippen LogP contribution in [0.3, 0.4) is 0 Å². The van der Waals surface area contributed by atoms with Crippen LogP contribution in [0.5, 0.6) is 0 Å². The molecule has 0 aromatic carbocycles. The Balaban J connectivity index is 3.15. The van der Waals surface area contributed by atoms with Crippen molar-refractivity contribution in [2.45, 2.75) is 77.2 Å². The Morgan fingerprint density at radius 3 is 2.14 bits per heavy atom. The zero-order chi connectivity index (χ0) is 16.4. The smallest absolute Gasteiger partial charge is 0.340 e. The molecule has 1 aliphatic heterocycles. The fourth-order valence-corrected chi connectivity index (χ4v) is 2.94. The molecule has 1 N–H and O–H groups in total. The monoisotopic (exact) mass is 308 g/mol. The molecular formula is C14H23F3N2O2. The average Bonchev–Trinajstić information content (AvgIpc) is 2.38. The van der Waals surface area contributed by atoms with E-state index in [9.17, 15) is 22.8 Å². The highest BCUT2D eigenvalue weighted by Gasteiger charge is 2.50. The zero-order valence-electron chi connectivity index (χ0n) is 12.9. The van der Waals surface area contributed by atoms with Gasteiger partial charge in [-0.05, 0) is 26.2 Å². The van der Waals surface area contributed by atoms with E-state index in [1.165, 1.54) is 6.92 Å². The second-order valence-electron chi connectivity index (χ2n) is 5.58. The van der Waals surface area contributed by atoms with Gasteiger partial charge in [0.2, 0.25) is 11.8 Å². The van der Waals surface area contributed by atoms with Gasteiger partial charge in [-0.1, -0.05) is 20.8 Å². The first-order valence-corrected chi connectivity index (χ1v) is 7.33. The quantitative estimate of drug-likeness (QED) is 0.849. The molecule has 7 heteroatoms. The van der Waals surface area contributed by atoms with Gasteiger partial charge in [0, 0.05) is 6.04 Å². The summed E-state index contributed by atoms with van der Waals surface area (Å²) < 4.78 is 37.9. The SMILES string of the molecule is CCC1C(=O)NC(CC)(CC)C(=O)N1C(C)CC(F)(F)F. The van der Waals surface area contributed by atoms with Crippen molar-refractivity contribution in [1.29, 1.82) is 0 Å². The van der Waals surface area contributed by atoms with Gasteiger partial charge >= 0.3 is 6.18 Å². The molecule has 2 amide bonds. The Bertz CT molecular complexity index is 406. The standard InChI is InChI=1S/C14H23F3N2O2/c1-5-10-11(20)18-13(6-2,7-3)12(21)19(10)9(4)8-14(15,16)17/h9-10H,5-8H2,1-4H3,(H,18,20). The Kier molecular flexibility index (Phi) is 5.28. The predicted octanol–water partition coefficient (Wildman–Crippen LogP) is 2.62. The summed E-state index contributed by atoms with van der Waals surface area (Å²) in [7, 11) is 0. The summed E-state index contributed by atoms with van der Waals surface area (Å²) in [6, 6.07) is -1.88. The number of nitrogens with one attached hydrogen (secondary N) is 1. The molecule has 0 radical (unpaired) electrons. The Labute approximate surface area is 123 Å². The molecule has 0 bridgehead atoms. The van der Waals surface area contributed by atoms with Gasteiger partial charge in [-0.15, -0.1) is 0 Å². The van der Waals surface area contributed by atoms with E-state index in [-0.39, 0.29) is 5.91 Å². The third-order valence-electron chi connectivity index (χ3n) is 4.24. The van der Waals surface area contributed by atoms with Crippen LogP contribution in [0, 0.1) is 0 Å². The van der Waals surface area contributed by atoms with Crippen LogP contribution in [0.1, 0.15) is 53.4 Å². The van der Waals surface area contributed by atoms with E-state index >= 15 is 0 Å². The summed E-state index contributed by atoms with van der Waals surface area (Å²) >= 11 is 0. The van der Waals surface area contributed by atoms with E-state index in [1.54, 1.807) is 20.8 Å². The van der Waals surface area contributed by atoms with Crippen molar-refractivity contribution in [2.75, 3.05) is 0 Å². The van der Waals surface area contributed by atoms with E-state index in [0.717, 1.165) is 4.90 Å². The summed E-state index contributed by atoms with van der Waals surface area (Å²) in [5.41, 5.74) is -1.08. The van der Waals surface area contributed by atoms with Gasteiger partial charge in [-0.3, -0.25) is 9.59 Å². The predicted molar refractivity (Wildman–Crippen MR) is 72.5 cm³/mol. The fourth-order valence-electron chi connectivity index (χ4n) is 2.94. The first-order valence-electron chi connectivity index (χ1n) is 7.33. The summed E-state index contributed by atoms with van der Waals surface area (Å²) in [6.07, 6.45) is -4.46. The van der Waals surface area contributed by atoms with E-state index in [1.807, 2.05) is 0 Å². The second kappa shape index (κ2) is 6.23. The van der Waals surface area contributed by atoms with Gasteiger partial charge in [0.15, 0.2) is 0 Å². The van der Waals surface area contributed by atoms with Crippen LogP contribution in [0.4, 0.5) is 13.2 Å². The van der Waals surface area contributed by atoms with Gasteiger partial charge in [0.25, 0.3) is 0 Å². The molecule has 1 heterocycles. The van der Waals surface area contributed by atoms with Crippen molar-refractivity contribution in [1.82, 2.24) is 10.2 Å². The number of carbonyl (C=O) groups excluding carboxylic acids is 2. The van der Waals surface area contributed by atoms with Crippen molar-refractivity contribution in [3.63, 3.8) is 0 Å². The van der Waals surface area contributed by atoms with Gasteiger partial charge in [0.1, 0.15) is 11.6 Å². The van der Waals surface area contributed by atoms with Crippen LogP contribution in [0.25, 0.3) is 0 Å². The van der Waals surface area contributed by atoms with Gasteiger partial charge in [-0.2, -0.15) is 13.2 Å². The molecule has 2 unspecified atom stereocenters. The topological polar surface area (TPSA) is 49.4 Å². The molecule has 0 aromatic rings. The normalized spacial score (nSPS) is 24.0. The number of piperazine rings is 1. The maximum atomic E-state index is 12.7. The molecule has 122 valence electrons. The van der Waals surface area contributed by atoms with Crippen molar-refractivity contribution in [3.8, 4) is 0 Å². The number of halogens is 3. The zero-order valence-corrected chi connectivity index (χ0v) is 12.9. The lowest BCUT2D eigenvalue weighted by Crippen LogP contribution is -2.71. The molecule has 21 heavy (non-hydrogen) atoms. The maximum absolute atomic E-state index is 12.7. The third-order valence-corrected chi connectivity index (χ3v) is 4.24. The van der Waals surface area contributed by atoms with Crippen molar-refractivity contribution >= 4 is 11.8 Å². The lowest BCUT2D eigenvalue weighted by Gasteiger charge is -2.47. The number of rotatable bonds is 5. The molecule has 1 rings (SSSR count). The first-order chi connectivity index (χ1) is 9.61. The van der Waals surface area contributed by atoms with Gasteiger partial charge in [-0.25, -0.2) is 0 Å². The Morgan fingerprint density at radius 2 is 1.76 bits per heavy atom. The summed E-state index contributed by atoms with van der Waals surface area (Å²) in [4.78, 5) is 26.0. The molecule has 0 spiro atoms. The highest BCUT2D eigenvalue weighted by Crippen LogP contribution is 2.31. The van der Waals surface area contributed by atoms with Crippen LogP contribution in [0.15, 0.2) is 0 Å². The number of hydrogen-bond acceptors (Lipinski definition) is 2. The molecule has 2 atom stereocenters. The van der Waals surface area contributed by atoms with Crippen LogP contribution in [-0.2, 0) is 9.59 Å². The fraction of sp³-hybridized carbons (Fsp3) is 0.857. The molecular weight excluding hydrogens is 285 g/mol. The molecule has 0 aromatic heterocycles. The van der Waals surface area contributed by atoms with Gasteiger partial charge in [0.05, 0.1) is 6.42 Å². The Morgan fingerprint density at radius 1 is 1.24 bits per heavy atom. The molecule has 1 fully saturated rings. The van der Waals surface area contributed by atoms with Crippen LogP contribution >= 0.6 is 0 Å². The van der Waals surface area contributed by atoms with E-state index < -0.39 is 36.1 Å². The number of hydrogen-bond donors (Lipinski definition) is 1. The van der Waals surface area contributed by atoms with Crippen molar-refractivity contribution in [3.05, 3.63) is 0 Å². The Hall–Kier alpha value is -1.27. The molecule has 4 nitrogen and oxygen atoms in total. The minimum absolute atomic E-state index is 0.295. The summed E-state index contributed by atoms with van der Waals surface area (Å²) in [6.45, 7) is 6.54. The van der Waals surface area contributed by atoms with E-state index in [0.29, 0.717) is 19.3 Å². The van der Waals surface area contributed by atoms with E-state index in [4.69, 9.17) is 0 Å². The highest BCUT2D eigenvalue weighted by molar-refractivity contribution is 5.99. The van der Waals surface area contributed by atoms with Crippen molar-refractivity contribution in [2.24, 2.45) is 0 Å². The van der Waals surface area contributed by atoms with Crippen LogP contribution < -0.4 is 5.32 Å². The number of amides is 2. The first kappa shape index (κ1) is 17.8. The van der Waals surface area contributed by atoms with E-state index in [2.05, 4.69) is 5.32 Å². The average molecular weight is 308 g/mol.